The zero-order valence-electron chi connectivity index (χ0n) is 18.2. The first-order chi connectivity index (χ1) is 15.5. The van der Waals surface area contributed by atoms with Crippen molar-refractivity contribution in [2.24, 2.45) is 5.92 Å². The topological polar surface area (TPSA) is 107 Å². The fourth-order valence-electron chi connectivity index (χ4n) is 4.18. The zero-order chi connectivity index (χ0) is 22.1. The number of hydrogen-bond donors (Lipinski definition) is 1. The number of rotatable bonds is 8. The van der Waals surface area contributed by atoms with Gasteiger partial charge in [0.1, 0.15) is 11.8 Å². The highest BCUT2D eigenvalue weighted by Crippen LogP contribution is 2.37. The van der Waals surface area contributed by atoms with Gasteiger partial charge in [0.05, 0.1) is 6.61 Å². The molecule has 0 bridgehead atoms. The Kier molecular flexibility index (Phi) is 5.75. The number of ether oxygens (including phenoxy) is 1. The summed E-state index contributed by atoms with van der Waals surface area (Å²) in [4.78, 5) is 14.8. The summed E-state index contributed by atoms with van der Waals surface area (Å²) in [6, 6.07) is 11.3. The number of hydrogen-bond acceptors (Lipinski definition) is 8. The minimum absolute atomic E-state index is 0.0393. The molecular weight excluding hydrogens is 410 g/mol. The molecule has 3 aromatic rings. The van der Waals surface area contributed by atoms with Crippen LogP contribution in [-0.2, 0) is 4.74 Å². The maximum absolute atomic E-state index is 12.5. The molecule has 1 aliphatic heterocycles. The van der Waals surface area contributed by atoms with Gasteiger partial charge in [-0.3, -0.25) is 4.79 Å². The van der Waals surface area contributed by atoms with Gasteiger partial charge in [-0.05, 0) is 26.8 Å². The third kappa shape index (κ3) is 4.44. The number of benzene rings is 1. The van der Waals surface area contributed by atoms with Gasteiger partial charge in [-0.1, -0.05) is 35.5 Å². The molecule has 1 N–H and O–H groups in total. The van der Waals surface area contributed by atoms with Crippen LogP contribution in [-0.4, -0.2) is 58.9 Å². The largest absolute Gasteiger partial charge is 0.422 e. The highest BCUT2D eigenvalue weighted by atomic mass is 16.5. The van der Waals surface area contributed by atoms with Crippen molar-refractivity contribution in [1.29, 1.82) is 0 Å². The predicted octanol–water partition coefficient (Wildman–Crippen LogP) is 3.04. The van der Waals surface area contributed by atoms with E-state index in [2.05, 4.69) is 32.6 Å². The third-order valence-corrected chi connectivity index (χ3v) is 6.15. The van der Waals surface area contributed by atoms with Gasteiger partial charge in [-0.2, -0.15) is 0 Å². The molecule has 9 nitrogen and oxygen atoms in total. The number of carbonyl (C=O) groups excluding carboxylic acids is 1. The van der Waals surface area contributed by atoms with E-state index in [1.165, 1.54) is 0 Å². The van der Waals surface area contributed by atoms with Crippen LogP contribution in [0.25, 0.3) is 11.3 Å². The highest BCUT2D eigenvalue weighted by Gasteiger charge is 2.36. The Bertz CT molecular complexity index is 1050. The Labute approximate surface area is 186 Å². The maximum atomic E-state index is 12.5. The summed E-state index contributed by atoms with van der Waals surface area (Å²) in [5.41, 5.74) is 1.55. The molecule has 0 radical (unpaired) electrons. The lowest BCUT2D eigenvalue weighted by atomic mass is 9.80. The average molecular weight is 438 g/mol. The molecule has 1 amide bonds. The molecule has 2 fully saturated rings. The molecule has 1 saturated carbocycles. The van der Waals surface area contributed by atoms with Crippen molar-refractivity contribution in [3.63, 3.8) is 0 Å². The average Bonchev–Trinajstić information content (AvgIpc) is 3.43. The quantitative estimate of drug-likeness (QED) is 0.573. The maximum Gasteiger partial charge on any atom is 0.290 e. The highest BCUT2D eigenvalue weighted by molar-refractivity contribution is 5.92. The molecule has 2 aliphatic rings. The van der Waals surface area contributed by atoms with Crippen molar-refractivity contribution in [1.82, 2.24) is 25.6 Å². The van der Waals surface area contributed by atoms with E-state index in [-0.39, 0.29) is 29.7 Å². The number of carbonyl (C=O) groups is 1. The predicted molar refractivity (Wildman–Crippen MR) is 115 cm³/mol. The van der Waals surface area contributed by atoms with Crippen LogP contribution in [0.2, 0.25) is 0 Å². The lowest BCUT2D eigenvalue weighted by molar-refractivity contribution is -0.0179. The van der Waals surface area contributed by atoms with Crippen LogP contribution in [0.15, 0.2) is 45.3 Å². The lowest BCUT2D eigenvalue weighted by Gasteiger charge is -2.36. The molecule has 1 aromatic carbocycles. The van der Waals surface area contributed by atoms with Crippen molar-refractivity contribution < 1.29 is 18.5 Å². The van der Waals surface area contributed by atoms with Crippen molar-refractivity contribution in [3.8, 4) is 11.3 Å². The van der Waals surface area contributed by atoms with Crippen LogP contribution >= 0.6 is 0 Å². The SMILES string of the molecule is CC(OCC1CN(C)C1)c1nnc(C2CC(NC(=O)c3cc(-c4ccccc4)no3)C2)o1. The first-order valence-electron chi connectivity index (χ1n) is 11.0. The second-order valence-electron chi connectivity index (χ2n) is 8.82. The first kappa shape index (κ1) is 20.8. The van der Waals surface area contributed by atoms with E-state index < -0.39 is 0 Å². The molecule has 1 atom stereocenters. The van der Waals surface area contributed by atoms with Crippen LogP contribution < -0.4 is 5.32 Å². The Morgan fingerprint density at radius 1 is 1.25 bits per heavy atom. The molecule has 2 aromatic heterocycles. The van der Waals surface area contributed by atoms with E-state index in [9.17, 15) is 4.79 Å². The molecule has 32 heavy (non-hydrogen) atoms. The van der Waals surface area contributed by atoms with Crippen LogP contribution in [0.1, 0.15) is 54.1 Å². The Morgan fingerprint density at radius 3 is 2.78 bits per heavy atom. The van der Waals surface area contributed by atoms with Crippen molar-refractivity contribution >= 4 is 5.91 Å². The second-order valence-corrected chi connectivity index (χ2v) is 8.82. The molecule has 9 heteroatoms. The summed E-state index contributed by atoms with van der Waals surface area (Å²) in [6.07, 6.45) is 1.27. The Hall–Kier alpha value is -3.04. The summed E-state index contributed by atoms with van der Waals surface area (Å²) in [7, 11) is 2.10. The fraction of sp³-hybridized carbons (Fsp3) is 0.478. The molecule has 1 unspecified atom stereocenters. The normalized spacial score (nSPS) is 22.2. The molecule has 5 rings (SSSR count). The number of amides is 1. The minimum atomic E-state index is -0.266. The van der Waals surface area contributed by atoms with E-state index in [1.807, 2.05) is 37.3 Å². The molecular formula is C23H27N5O4. The summed E-state index contributed by atoms with van der Waals surface area (Å²) < 4.78 is 17.0. The number of likely N-dealkylation sites (tertiary alicyclic amines) is 1. The van der Waals surface area contributed by atoms with Crippen molar-refractivity contribution in [2.75, 3.05) is 26.7 Å². The number of aromatic nitrogens is 3. The van der Waals surface area contributed by atoms with Crippen LogP contribution in [0.3, 0.4) is 0 Å². The lowest BCUT2D eigenvalue weighted by Crippen LogP contribution is -2.45. The Balaban J connectivity index is 1.09. The number of nitrogens with one attached hydrogen (secondary N) is 1. The van der Waals surface area contributed by atoms with Crippen LogP contribution in [0.4, 0.5) is 0 Å². The Morgan fingerprint density at radius 2 is 2.03 bits per heavy atom. The van der Waals surface area contributed by atoms with Gasteiger partial charge < -0.3 is 23.9 Å². The van der Waals surface area contributed by atoms with E-state index in [1.54, 1.807) is 6.07 Å². The summed E-state index contributed by atoms with van der Waals surface area (Å²) in [6.45, 7) is 4.77. The summed E-state index contributed by atoms with van der Waals surface area (Å²) >= 11 is 0. The number of nitrogens with zero attached hydrogens (tertiary/aromatic N) is 4. The van der Waals surface area contributed by atoms with Crippen LogP contribution in [0.5, 0.6) is 0 Å². The van der Waals surface area contributed by atoms with Gasteiger partial charge in [0, 0.05) is 42.6 Å². The van der Waals surface area contributed by atoms with Gasteiger partial charge in [0.15, 0.2) is 0 Å². The van der Waals surface area contributed by atoms with Gasteiger partial charge in [-0.15, -0.1) is 10.2 Å². The van der Waals surface area contributed by atoms with Crippen molar-refractivity contribution in [2.45, 2.75) is 37.8 Å². The summed E-state index contributed by atoms with van der Waals surface area (Å²) in [5, 5.41) is 15.3. The van der Waals surface area contributed by atoms with Gasteiger partial charge in [0.2, 0.25) is 17.5 Å². The van der Waals surface area contributed by atoms with Gasteiger partial charge >= 0.3 is 0 Å². The fourth-order valence-corrected chi connectivity index (χ4v) is 4.18. The van der Waals surface area contributed by atoms with Gasteiger partial charge in [-0.25, -0.2) is 0 Å². The molecule has 1 saturated heterocycles. The first-order valence-corrected chi connectivity index (χ1v) is 11.0. The van der Waals surface area contributed by atoms with E-state index in [0.717, 1.165) is 31.5 Å². The monoisotopic (exact) mass is 437 g/mol. The second kappa shape index (κ2) is 8.84. The molecule has 168 valence electrons. The van der Waals surface area contributed by atoms with E-state index in [4.69, 9.17) is 13.7 Å². The summed E-state index contributed by atoms with van der Waals surface area (Å²) in [5.74, 6) is 1.78. The molecule has 3 heterocycles. The minimum Gasteiger partial charge on any atom is -0.422 e. The zero-order valence-corrected chi connectivity index (χ0v) is 18.2. The molecule has 1 aliphatic carbocycles. The smallest absolute Gasteiger partial charge is 0.290 e. The standard InChI is InChI=1S/C23H27N5O4/c1-14(30-13-15-11-28(2)12-15)22-25-26-23(31-22)17-8-18(9-17)24-21(29)20-10-19(27-32-20)16-6-4-3-5-7-16/h3-7,10,14-15,17-18H,8-9,11-13H2,1-2H3,(H,24,29). The van der Waals surface area contributed by atoms with Crippen molar-refractivity contribution in [3.05, 3.63) is 53.9 Å². The van der Waals surface area contributed by atoms with Crippen LogP contribution in [0, 0.1) is 5.92 Å². The van der Waals surface area contributed by atoms with Gasteiger partial charge in [0.25, 0.3) is 5.91 Å². The van der Waals surface area contributed by atoms with E-state index >= 15 is 0 Å². The van der Waals surface area contributed by atoms with E-state index in [0.29, 0.717) is 30.0 Å². The molecule has 0 spiro atoms. The third-order valence-electron chi connectivity index (χ3n) is 6.15.